The lowest BCUT2D eigenvalue weighted by atomic mass is 10.1. The van der Waals surface area contributed by atoms with E-state index in [1.165, 1.54) is 13.1 Å². The molecule has 0 radical (unpaired) electrons. The molecule has 9 heteroatoms. The molecule has 0 amide bonds. The molecular weight excluding hydrogens is 285 g/mol. The van der Waals surface area contributed by atoms with Gasteiger partial charge in [-0.3, -0.25) is 4.57 Å². The largest absolute Gasteiger partial charge is 0.394 e. The van der Waals surface area contributed by atoms with Gasteiger partial charge in [0.2, 0.25) is 0 Å². The van der Waals surface area contributed by atoms with Crippen molar-refractivity contribution in [2.24, 2.45) is 0 Å². The molecule has 4 N–H and O–H groups in total. The lowest BCUT2D eigenvalue weighted by molar-refractivity contribution is -0.0547. The zero-order valence-electron chi connectivity index (χ0n) is 11.0. The molecule has 1 unspecified atom stereocenters. The number of hydrogen-bond donors (Lipinski definition) is 4. The van der Waals surface area contributed by atoms with Gasteiger partial charge >= 0.3 is 5.69 Å². The van der Waals surface area contributed by atoms with Crippen LogP contribution in [0.1, 0.15) is 11.9 Å². The van der Waals surface area contributed by atoms with E-state index in [9.17, 15) is 19.4 Å². The lowest BCUT2D eigenvalue weighted by Gasteiger charge is -2.16. The van der Waals surface area contributed by atoms with Gasteiger partial charge < -0.3 is 25.0 Å². The van der Waals surface area contributed by atoms with Crippen LogP contribution in [-0.4, -0.2) is 54.8 Å². The first-order chi connectivity index (χ1) is 9.93. The molecule has 3 heterocycles. The highest BCUT2D eigenvalue weighted by Crippen LogP contribution is 2.29. The minimum atomic E-state index is -1.43. The Bertz CT molecular complexity index is 742. The van der Waals surface area contributed by atoms with Gasteiger partial charge in [-0.15, -0.1) is 0 Å². The van der Waals surface area contributed by atoms with Crippen LogP contribution in [0.25, 0.3) is 11.0 Å². The number of aliphatic hydroxyl groups is 3. The number of halogens is 1. The number of aliphatic hydroxyl groups excluding tert-OH is 3. The first kappa shape index (κ1) is 14.1. The van der Waals surface area contributed by atoms with Gasteiger partial charge in [0, 0.05) is 6.20 Å². The van der Waals surface area contributed by atoms with E-state index in [-0.39, 0.29) is 16.7 Å². The van der Waals surface area contributed by atoms with Gasteiger partial charge in [-0.05, 0) is 6.92 Å². The van der Waals surface area contributed by atoms with Gasteiger partial charge in [0.15, 0.2) is 12.0 Å². The number of nitrogens with one attached hydrogen (secondary N) is 1. The maximum absolute atomic E-state index is 13.9. The van der Waals surface area contributed by atoms with E-state index in [4.69, 9.17) is 9.84 Å². The van der Waals surface area contributed by atoms with Crippen LogP contribution in [0.3, 0.4) is 0 Å². The van der Waals surface area contributed by atoms with Gasteiger partial charge in [0.05, 0.1) is 17.7 Å². The Hall–Kier alpha value is -1.81. The molecule has 114 valence electrons. The molecule has 1 aliphatic heterocycles. The first-order valence-corrected chi connectivity index (χ1v) is 6.33. The zero-order chi connectivity index (χ0) is 15.3. The van der Waals surface area contributed by atoms with E-state index in [2.05, 4.69) is 9.97 Å². The number of ether oxygens (including phenoxy) is 1. The van der Waals surface area contributed by atoms with Gasteiger partial charge in [-0.2, -0.15) is 4.98 Å². The standard InChI is InChI=1S/C12H14FN3O5/c1-4-7(13)5-2-16(12(20)15-10(5)14-4)11-9(19)8(18)6(3-17)21-11/h2,6,8-9,11,17-19H,3H2,1H3,(H,14,15,20)/t6-,8?,9+,11-/m1/s1. The molecule has 1 aliphatic rings. The summed E-state index contributed by atoms with van der Waals surface area (Å²) in [6.45, 7) is 0.981. The molecule has 3 rings (SSSR count). The van der Waals surface area contributed by atoms with Crippen molar-refractivity contribution in [2.45, 2.75) is 31.5 Å². The summed E-state index contributed by atoms with van der Waals surface area (Å²) < 4.78 is 20.0. The highest BCUT2D eigenvalue weighted by atomic mass is 19.1. The van der Waals surface area contributed by atoms with Crippen LogP contribution in [0.5, 0.6) is 0 Å². The summed E-state index contributed by atoms with van der Waals surface area (Å²) in [6, 6.07) is 0. The number of nitrogens with zero attached hydrogens (tertiary/aromatic N) is 2. The van der Waals surface area contributed by atoms with E-state index in [0.29, 0.717) is 0 Å². The number of hydrogen-bond acceptors (Lipinski definition) is 6. The van der Waals surface area contributed by atoms with Crippen LogP contribution < -0.4 is 5.69 Å². The summed E-state index contributed by atoms with van der Waals surface area (Å²) in [5, 5.41) is 28.7. The zero-order valence-corrected chi connectivity index (χ0v) is 11.0. The summed E-state index contributed by atoms with van der Waals surface area (Å²) >= 11 is 0. The Balaban J connectivity index is 2.10. The Kier molecular flexibility index (Phi) is 3.29. The maximum atomic E-state index is 13.9. The first-order valence-electron chi connectivity index (χ1n) is 6.33. The normalized spacial score (nSPS) is 29.4. The minimum absolute atomic E-state index is 0.0739. The van der Waals surface area contributed by atoms with E-state index in [1.54, 1.807) is 0 Å². The van der Waals surface area contributed by atoms with E-state index >= 15 is 0 Å². The molecule has 1 saturated heterocycles. The molecule has 21 heavy (non-hydrogen) atoms. The number of aromatic amines is 1. The van der Waals surface area contributed by atoms with Crippen LogP contribution in [-0.2, 0) is 4.74 Å². The fourth-order valence-electron chi connectivity index (χ4n) is 2.45. The Morgan fingerprint density at radius 1 is 1.48 bits per heavy atom. The van der Waals surface area contributed by atoms with Crippen molar-refractivity contribution in [3.8, 4) is 0 Å². The molecule has 0 aromatic carbocycles. The van der Waals surface area contributed by atoms with Crippen LogP contribution in [0.2, 0.25) is 0 Å². The lowest BCUT2D eigenvalue weighted by Crippen LogP contribution is -2.35. The number of rotatable bonds is 2. The number of H-pyrrole nitrogens is 1. The van der Waals surface area contributed by atoms with Crippen LogP contribution in [0, 0.1) is 12.7 Å². The Labute approximate surface area is 117 Å². The van der Waals surface area contributed by atoms with Crippen molar-refractivity contribution in [1.29, 1.82) is 0 Å². The maximum Gasteiger partial charge on any atom is 0.351 e. The minimum Gasteiger partial charge on any atom is -0.394 e. The highest BCUT2D eigenvalue weighted by molar-refractivity contribution is 5.76. The third-order valence-corrected chi connectivity index (χ3v) is 3.61. The predicted octanol–water partition coefficient (Wildman–Crippen LogP) is -1.22. The highest BCUT2D eigenvalue weighted by Gasteiger charge is 2.43. The van der Waals surface area contributed by atoms with Gasteiger partial charge in [0.1, 0.15) is 24.0 Å². The molecule has 4 atom stereocenters. The second kappa shape index (κ2) is 4.88. The third-order valence-electron chi connectivity index (χ3n) is 3.61. The SMILES string of the molecule is Cc1[nH]c2nc(=O)n([C@@H]3O[C@H](CO)C(O)[C@@H]3O)cc2c1F. The molecule has 0 saturated carbocycles. The number of aryl methyl sites for hydroxylation is 1. The molecule has 1 fully saturated rings. The molecular formula is C12H14FN3O5. The molecule has 8 nitrogen and oxygen atoms in total. The van der Waals surface area contributed by atoms with Crippen LogP contribution in [0.4, 0.5) is 4.39 Å². The summed E-state index contributed by atoms with van der Waals surface area (Å²) in [6.07, 6.45) is -3.87. The average Bonchev–Trinajstić information content (AvgIpc) is 2.88. The van der Waals surface area contributed by atoms with Crippen LogP contribution in [0.15, 0.2) is 11.0 Å². The van der Waals surface area contributed by atoms with E-state index in [1.807, 2.05) is 0 Å². The number of aromatic nitrogens is 3. The smallest absolute Gasteiger partial charge is 0.351 e. The molecule has 2 aromatic rings. The molecule has 2 aromatic heterocycles. The van der Waals surface area contributed by atoms with Crippen molar-refractivity contribution >= 4 is 11.0 Å². The summed E-state index contributed by atoms with van der Waals surface area (Å²) in [7, 11) is 0. The Morgan fingerprint density at radius 3 is 2.81 bits per heavy atom. The Morgan fingerprint density at radius 2 is 2.19 bits per heavy atom. The van der Waals surface area contributed by atoms with Crippen molar-refractivity contribution in [3.63, 3.8) is 0 Å². The third kappa shape index (κ3) is 2.05. The van der Waals surface area contributed by atoms with Gasteiger partial charge in [-0.25, -0.2) is 9.18 Å². The molecule has 0 spiro atoms. The second-order valence-electron chi connectivity index (χ2n) is 4.99. The summed E-state index contributed by atoms with van der Waals surface area (Å²) in [4.78, 5) is 18.3. The molecule has 0 bridgehead atoms. The monoisotopic (exact) mass is 299 g/mol. The fraction of sp³-hybridized carbons (Fsp3) is 0.500. The van der Waals surface area contributed by atoms with Crippen LogP contribution >= 0.6 is 0 Å². The van der Waals surface area contributed by atoms with E-state index in [0.717, 1.165) is 4.57 Å². The summed E-state index contributed by atoms with van der Waals surface area (Å²) in [5.41, 5.74) is -0.438. The van der Waals surface area contributed by atoms with Crippen molar-refractivity contribution in [1.82, 2.24) is 14.5 Å². The second-order valence-corrected chi connectivity index (χ2v) is 4.99. The topological polar surface area (TPSA) is 121 Å². The van der Waals surface area contributed by atoms with Crippen molar-refractivity contribution < 1.29 is 24.4 Å². The molecule has 0 aliphatic carbocycles. The number of fused-ring (bicyclic) bond motifs is 1. The predicted molar refractivity (Wildman–Crippen MR) is 68.1 cm³/mol. The van der Waals surface area contributed by atoms with Gasteiger partial charge in [-0.1, -0.05) is 0 Å². The van der Waals surface area contributed by atoms with Gasteiger partial charge in [0.25, 0.3) is 0 Å². The van der Waals surface area contributed by atoms with Crippen molar-refractivity contribution in [2.75, 3.05) is 6.61 Å². The quantitative estimate of drug-likeness (QED) is 0.552. The fourth-order valence-corrected chi connectivity index (χ4v) is 2.45. The summed E-state index contributed by atoms with van der Waals surface area (Å²) in [5.74, 6) is -0.557. The van der Waals surface area contributed by atoms with E-state index < -0.39 is 42.7 Å². The average molecular weight is 299 g/mol. The van der Waals surface area contributed by atoms with Crippen molar-refractivity contribution in [3.05, 3.63) is 28.2 Å².